The molecule has 1 aromatic heterocycles. The van der Waals surface area contributed by atoms with Crippen molar-refractivity contribution in [3.63, 3.8) is 0 Å². The number of aryl methyl sites for hydroxylation is 2. The Kier molecular flexibility index (Phi) is 5.88. The van der Waals surface area contributed by atoms with E-state index in [1.54, 1.807) is 32.0 Å². The fourth-order valence-corrected chi connectivity index (χ4v) is 4.90. The van der Waals surface area contributed by atoms with E-state index in [2.05, 4.69) is 4.98 Å². The van der Waals surface area contributed by atoms with Gasteiger partial charge in [0.1, 0.15) is 0 Å². The number of aliphatic hydroxyl groups is 1. The Hall–Kier alpha value is -2.67. The fraction of sp³-hybridized carbons (Fsp3) is 0.174. The van der Waals surface area contributed by atoms with Crippen LogP contribution in [0.25, 0.3) is 0 Å². The summed E-state index contributed by atoms with van der Waals surface area (Å²) in [6, 6.07) is 13.5. The maximum Gasteiger partial charge on any atom is 0.290 e. The van der Waals surface area contributed by atoms with E-state index in [0.29, 0.717) is 26.2 Å². The van der Waals surface area contributed by atoms with E-state index >= 15 is 0 Å². The third kappa shape index (κ3) is 3.99. The molecule has 0 aliphatic carbocycles. The van der Waals surface area contributed by atoms with Gasteiger partial charge >= 0.3 is 0 Å². The standard InChI is InChI=1S/C23H18Cl2N2O3S/c1-12-22(31-13(2)26-12)20(28)18-19(15-8-9-16(24)17(25)10-15)27(23(30)21(18)29)11-14-6-4-3-5-7-14/h3-10,19,29H,11H2,1-2H3. The zero-order valence-corrected chi connectivity index (χ0v) is 19.1. The molecule has 1 atom stereocenters. The first-order chi connectivity index (χ1) is 14.8. The number of nitrogens with zero attached hydrogens (tertiary/aromatic N) is 2. The van der Waals surface area contributed by atoms with Gasteiger partial charge in [0.2, 0.25) is 5.78 Å². The van der Waals surface area contributed by atoms with E-state index in [9.17, 15) is 14.7 Å². The van der Waals surface area contributed by atoms with Gasteiger partial charge in [-0.15, -0.1) is 11.3 Å². The Bertz CT molecular complexity index is 1220. The van der Waals surface area contributed by atoms with Crippen molar-refractivity contribution in [3.8, 4) is 0 Å². The number of ketones is 1. The third-order valence-corrected chi connectivity index (χ3v) is 6.92. The monoisotopic (exact) mass is 472 g/mol. The van der Waals surface area contributed by atoms with E-state index in [0.717, 1.165) is 10.6 Å². The van der Waals surface area contributed by atoms with Crippen LogP contribution in [-0.2, 0) is 11.3 Å². The molecule has 1 aliphatic rings. The van der Waals surface area contributed by atoms with Gasteiger partial charge in [-0.2, -0.15) is 0 Å². The van der Waals surface area contributed by atoms with Crippen LogP contribution >= 0.6 is 34.5 Å². The lowest BCUT2D eigenvalue weighted by atomic mass is 9.95. The average molecular weight is 473 g/mol. The first-order valence-corrected chi connectivity index (χ1v) is 11.1. The summed E-state index contributed by atoms with van der Waals surface area (Å²) in [5.41, 5.74) is 2.04. The number of rotatable bonds is 5. The van der Waals surface area contributed by atoms with Crippen molar-refractivity contribution in [2.24, 2.45) is 0 Å². The molecule has 0 fully saturated rings. The molecule has 1 unspecified atom stereocenters. The maximum atomic E-state index is 13.5. The molecule has 1 N–H and O–H groups in total. The van der Waals surface area contributed by atoms with E-state index in [4.69, 9.17) is 23.2 Å². The van der Waals surface area contributed by atoms with Crippen LogP contribution in [0.15, 0.2) is 59.9 Å². The number of thiazole rings is 1. The molecule has 1 amide bonds. The SMILES string of the molecule is Cc1nc(C)c(C(=O)C2=C(O)C(=O)N(Cc3ccccc3)C2c2ccc(Cl)c(Cl)c2)s1. The van der Waals surface area contributed by atoms with E-state index in [1.165, 1.54) is 16.2 Å². The number of benzene rings is 2. The highest BCUT2D eigenvalue weighted by molar-refractivity contribution is 7.14. The van der Waals surface area contributed by atoms with Gasteiger partial charge in [0.25, 0.3) is 5.91 Å². The molecule has 4 rings (SSSR count). The quantitative estimate of drug-likeness (QED) is 0.473. The molecule has 0 bridgehead atoms. The van der Waals surface area contributed by atoms with Crippen LogP contribution < -0.4 is 0 Å². The molecule has 3 aromatic rings. The smallest absolute Gasteiger partial charge is 0.290 e. The summed E-state index contributed by atoms with van der Waals surface area (Å²) in [7, 11) is 0. The predicted octanol–water partition coefficient (Wildman–Crippen LogP) is 5.85. The molecule has 158 valence electrons. The highest BCUT2D eigenvalue weighted by Crippen LogP contribution is 2.42. The van der Waals surface area contributed by atoms with Crippen molar-refractivity contribution in [1.29, 1.82) is 0 Å². The van der Waals surface area contributed by atoms with Crippen LogP contribution in [0.4, 0.5) is 0 Å². The average Bonchev–Trinajstić information content (AvgIpc) is 3.21. The number of Topliss-reactive ketones (excluding diaryl/α,β-unsaturated/α-hetero) is 1. The van der Waals surface area contributed by atoms with Crippen LogP contribution in [0.2, 0.25) is 10.0 Å². The van der Waals surface area contributed by atoms with E-state index < -0.39 is 23.5 Å². The minimum absolute atomic E-state index is 0.0195. The Morgan fingerprint density at radius 3 is 2.45 bits per heavy atom. The topological polar surface area (TPSA) is 70.5 Å². The number of amides is 1. The molecule has 2 aromatic carbocycles. The van der Waals surface area contributed by atoms with Gasteiger partial charge in [0.15, 0.2) is 5.76 Å². The number of carbonyl (C=O) groups is 2. The van der Waals surface area contributed by atoms with Gasteiger partial charge in [-0.1, -0.05) is 59.6 Å². The second kappa shape index (κ2) is 8.46. The molecule has 0 saturated carbocycles. The van der Waals surface area contributed by atoms with Crippen LogP contribution in [0.5, 0.6) is 0 Å². The van der Waals surface area contributed by atoms with Gasteiger partial charge in [-0.05, 0) is 37.1 Å². The van der Waals surface area contributed by atoms with Crippen LogP contribution in [0.1, 0.15) is 37.5 Å². The summed E-state index contributed by atoms with van der Waals surface area (Å²) in [5.74, 6) is -1.58. The predicted molar refractivity (Wildman–Crippen MR) is 122 cm³/mol. The normalized spacial score (nSPS) is 16.3. The summed E-state index contributed by atoms with van der Waals surface area (Å²) in [4.78, 5) is 32.7. The number of aliphatic hydroxyl groups excluding tert-OH is 1. The van der Waals surface area contributed by atoms with Crippen molar-refractivity contribution in [3.05, 3.63) is 96.6 Å². The van der Waals surface area contributed by atoms with Crippen LogP contribution in [-0.4, -0.2) is 26.7 Å². The molecule has 1 aliphatic heterocycles. The highest BCUT2D eigenvalue weighted by atomic mass is 35.5. The summed E-state index contributed by atoms with van der Waals surface area (Å²) in [6.07, 6.45) is 0. The lowest BCUT2D eigenvalue weighted by Crippen LogP contribution is -2.30. The van der Waals surface area contributed by atoms with Crippen molar-refractivity contribution in [1.82, 2.24) is 9.88 Å². The summed E-state index contributed by atoms with van der Waals surface area (Å²) >= 11 is 13.6. The second-order valence-electron chi connectivity index (χ2n) is 7.23. The summed E-state index contributed by atoms with van der Waals surface area (Å²) in [6.45, 7) is 3.76. The first-order valence-electron chi connectivity index (χ1n) is 9.49. The molecular weight excluding hydrogens is 455 g/mol. The van der Waals surface area contributed by atoms with Crippen molar-refractivity contribution < 1.29 is 14.7 Å². The third-order valence-electron chi connectivity index (χ3n) is 5.11. The van der Waals surface area contributed by atoms with Crippen molar-refractivity contribution in [2.45, 2.75) is 26.4 Å². The number of halogens is 2. The Morgan fingerprint density at radius 2 is 1.84 bits per heavy atom. The number of aromatic nitrogens is 1. The largest absolute Gasteiger partial charge is 0.503 e. The van der Waals surface area contributed by atoms with E-state index in [1.807, 2.05) is 30.3 Å². The van der Waals surface area contributed by atoms with E-state index in [-0.39, 0.29) is 12.1 Å². The molecule has 31 heavy (non-hydrogen) atoms. The highest BCUT2D eigenvalue weighted by Gasteiger charge is 2.44. The van der Waals surface area contributed by atoms with Crippen LogP contribution in [0, 0.1) is 13.8 Å². The second-order valence-corrected chi connectivity index (χ2v) is 9.25. The minimum Gasteiger partial charge on any atom is -0.503 e. The number of hydrogen-bond donors (Lipinski definition) is 1. The molecule has 8 heteroatoms. The number of carbonyl (C=O) groups excluding carboxylic acids is 2. The number of hydrogen-bond acceptors (Lipinski definition) is 5. The van der Waals surface area contributed by atoms with Gasteiger partial charge in [-0.3, -0.25) is 9.59 Å². The van der Waals surface area contributed by atoms with Gasteiger partial charge in [0, 0.05) is 6.54 Å². The minimum atomic E-state index is -0.809. The van der Waals surface area contributed by atoms with Gasteiger partial charge < -0.3 is 10.0 Å². The maximum absolute atomic E-state index is 13.5. The Balaban J connectivity index is 1.84. The molecule has 0 radical (unpaired) electrons. The molecule has 0 spiro atoms. The molecule has 5 nitrogen and oxygen atoms in total. The molecule has 0 saturated heterocycles. The van der Waals surface area contributed by atoms with Crippen molar-refractivity contribution in [2.75, 3.05) is 0 Å². The zero-order valence-electron chi connectivity index (χ0n) is 16.7. The fourth-order valence-electron chi connectivity index (χ4n) is 3.72. The zero-order chi connectivity index (χ0) is 22.3. The molecular formula is C23H18Cl2N2O3S. The van der Waals surface area contributed by atoms with Crippen LogP contribution in [0.3, 0.4) is 0 Å². The lowest BCUT2D eigenvalue weighted by molar-refractivity contribution is -0.130. The summed E-state index contributed by atoms with van der Waals surface area (Å²) < 4.78 is 0. The Morgan fingerprint density at radius 1 is 1.13 bits per heavy atom. The van der Waals surface area contributed by atoms with Crippen molar-refractivity contribution >= 4 is 46.2 Å². The summed E-state index contributed by atoms with van der Waals surface area (Å²) in [5, 5.41) is 12.2. The van der Waals surface area contributed by atoms with Gasteiger partial charge in [-0.25, -0.2) is 4.98 Å². The van der Waals surface area contributed by atoms with Gasteiger partial charge in [0.05, 0.1) is 37.2 Å². The first kappa shape index (κ1) is 21.6. The Labute approximate surface area is 193 Å². The lowest BCUT2D eigenvalue weighted by Gasteiger charge is -2.27. The molecule has 2 heterocycles.